The van der Waals surface area contributed by atoms with E-state index in [1.807, 2.05) is 6.92 Å². The highest BCUT2D eigenvalue weighted by Crippen LogP contribution is 2.15. The molecule has 2 rings (SSSR count). The number of nitrogens with zero attached hydrogens (tertiary/aromatic N) is 2. The molecular formula is C16H15N3O2. The molecule has 0 radical (unpaired) electrons. The average Bonchev–Trinajstić information content (AvgIpc) is 2.48. The van der Waals surface area contributed by atoms with Crippen molar-refractivity contribution in [3.05, 3.63) is 58.8 Å². The minimum atomic E-state index is -0.928. The Hall–Kier alpha value is -2.87. The summed E-state index contributed by atoms with van der Waals surface area (Å²) in [5, 5.41) is 21.1. The maximum Gasteiger partial charge on any atom is 0.335 e. The molecule has 0 saturated heterocycles. The molecule has 0 aliphatic rings. The van der Waals surface area contributed by atoms with Crippen LogP contribution in [0.4, 0.5) is 5.82 Å². The van der Waals surface area contributed by atoms with E-state index in [1.54, 1.807) is 36.5 Å². The molecule has 2 N–H and O–H groups in total. The molecule has 1 aromatic carbocycles. The van der Waals surface area contributed by atoms with Crippen LogP contribution in [0, 0.1) is 18.3 Å². The molecule has 0 aliphatic carbocycles. The van der Waals surface area contributed by atoms with E-state index in [1.165, 1.54) is 0 Å². The summed E-state index contributed by atoms with van der Waals surface area (Å²) < 4.78 is 0. The molecule has 0 aliphatic heterocycles. The molecule has 5 heteroatoms. The smallest absolute Gasteiger partial charge is 0.335 e. The van der Waals surface area contributed by atoms with Gasteiger partial charge in [0.1, 0.15) is 11.9 Å². The summed E-state index contributed by atoms with van der Waals surface area (Å²) in [6.07, 6.45) is 2.39. The first-order chi connectivity index (χ1) is 10.1. The lowest BCUT2D eigenvalue weighted by Crippen LogP contribution is -2.08. The third-order valence-corrected chi connectivity index (χ3v) is 3.18. The van der Waals surface area contributed by atoms with E-state index >= 15 is 0 Å². The number of anilines is 1. The summed E-state index contributed by atoms with van der Waals surface area (Å²) in [7, 11) is 0. The zero-order valence-electron chi connectivity index (χ0n) is 11.6. The predicted octanol–water partition coefficient (Wildman–Crippen LogP) is 2.61. The van der Waals surface area contributed by atoms with E-state index in [2.05, 4.69) is 16.4 Å². The third kappa shape index (κ3) is 3.57. The molecule has 1 aromatic heterocycles. The summed E-state index contributed by atoms with van der Waals surface area (Å²) in [6.45, 7) is 2.49. The van der Waals surface area contributed by atoms with Gasteiger partial charge in [-0.3, -0.25) is 0 Å². The molecule has 5 nitrogen and oxygen atoms in total. The van der Waals surface area contributed by atoms with E-state index in [0.29, 0.717) is 17.9 Å². The van der Waals surface area contributed by atoms with Gasteiger partial charge in [0.2, 0.25) is 0 Å². The Labute approximate surface area is 122 Å². The van der Waals surface area contributed by atoms with Crippen molar-refractivity contribution in [3.8, 4) is 6.07 Å². The van der Waals surface area contributed by atoms with Crippen LogP contribution < -0.4 is 5.32 Å². The molecule has 0 saturated carbocycles. The summed E-state index contributed by atoms with van der Waals surface area (Å²) in [6, 6.07) is 10.7. The summed E-state index contributed by atoms with van der Waals surface area (Å²) in [5.41, 5.74) is 2.75. The van der Waals surface area contributed by atoms with E-state index in [0.717, 1.165) is 17.5 Å². The number of nitriles is 1. The molecule has 21 heavy (non-hydrogen) atoms. The highest BCUT2D eigenvalue weighted by Gasteiger charge is 2.06. The minimum Gasteiger partial charge on any atom is -0.478 e. The van der Waals surface area contributed by atoms with Crippen LogP contribution in [0.3, 0.4) is 0 Å². The van der Waals surface area contributed by atoms with Crippen LogP contribution in [0.2, 0.25) is 0 Å². The van der Waals surface area contributed by atoms with Gasteiger partial charge in [-0.05, 0) is 42.7 Å². The Balaban J connectivity index is 1.97. The SMILES string of the molecule is Cc1ccnc(NCCc2ccc(C(=O)O)cc2)c1C#N. The highest BCUT2D eigenvalue weighted by molar-refractivity contribution is 5.87. The van der Waals surface area contributed by atoms with Crippen molar-refractivity contribution in [1.82, 2.24) is 4.98 Å². The molecule has 0 bridgehead atoms. The number of aryl methyl sites for hydroxylation is 1. The van der Waals surface area contributed by atoms with Crippen LogP contribution in [0.25, 0.3) is 0 Å². The minimum absolute atomic E-state index is 0.277. The molecule has 0 unspecified atom stereocenters. The second-order valence-corrected chi connectivity index (χ2v) is 4.64. The average molecular weight is 281 g/mol. The van der Waals surface area contributed by atoms with Crippen molar-refractivity contribution in [1.29, 1.82) is 5.26 Å². The number of aromatic carboxylic acids is 1. The van der Waals surface area contributed by atoms with Crippen molar-refractivity contribution in [2.24, 2.45) is 0 Å². The standard InChI is InChI=1S/C16H15N3O2/c1-11-6-8-18-15(14(11)10-17)19-9-7-12-2-4-13(5-3-12)16(20)21/h2-6,8H,7,9H2,1H3,(H,18,19)(H,20,21). The molecule has 0 spiro atoms. The second kappa shape index (κ2) is 6.53. The molecule has 2 aromatic rings. The van der Waals surface area contributed by atoms with Gasteiger partial charge in [0.25, 0.3) is 0 Å². The van der Waals surface area contributed by atoms with Gasteiger partial charge in [-0.2, -0.15) is 5.26 Å². The number of hydrogen-bond donors (Lipinski definition) is 2. The van der Waals surface area contributed by atoms with Crippen LogP contribution in [0.1, 0.15) is 27.0 Å². The Kier molecular flexibility index (Phi) is 4.52. The lowest BCUT2D eigenvalue weighted by Gasteiger charge is -2.08. The molecule has 106 valence electrons. The number of benzene rings is 1. The van der Waals surface area contributed by atoms with Crippen LogP contribution in [0.15, 0.2) is 36.5 Å². The zero-order chi connectivity index (χ0) is 15.2. The first kappa shape index (κ1) is 14.5. The molecular weight excluding hydrogens is 266 g/mol. The maximum atomic E-state index is 10.8. The summed E-state index contributed by atoms with van der Waals surface area (Å²) >= 11 is 0. The number of pyridine rings is 1. The fourth-order valence-electron chi connectivity index (χ4n) is 1.97. The number of hydrogen-bond acceptors (Lipinski definition) is 4. The molecule has 0 atom stereocenters. The van der Waals surface area contributed by atoms with Crippen molar-refractivity contribution in [2.45, 2.75) is 13.3 Å². The largest absolute Gasteiger partial charge is 0.478 e. The Morgan fingerprint density at radius 3 is 2.67 bits per heavy atom. The fraction of sp³-hybridized carbons (Fsp3) is 0.188. The van der Waals surface area contributed by atoms with Crippen LogP contribution >= 0.6 is 0 Å². The monoisotopic (exact) mass is 281 g/mol. The van der Waals surface area contributed by atoms with E-state index in [4.69, 9.17) is 10.4 Å². The molecule has 1 heterocycles. The Morgan fingerprint density at radius 1 is 1.33 bits per heavy atom. The Bertz CT molecular complexity index is 688. The highest BCUT2D eigenvalue weighted by atomic mass is 16.4. The molecule has 0 fully saturated rings. The van der Waals surface area contributed by atoms with Gasteiger partial charge in [-0.15, -0.1) is 0 Å². The van der Waals surface area contributed by atoms with Crippen molar-refractivity contribution in [3.63, 3.8) is 0 Å². The number of carbonyl (C=O) groups is 1. The lowest BCUT2D eigenvalue weighted by molar-refractivity contribution is 0.0697. The van der Waals surface area contributed by atoms with Gasteiger partial charge >= 0.3 is 5.97 Å². The van der Waals surface area contributed by atoms with Gasteiger partial charge in [-0.25, -0.2) is 9.78 Å². The maximum absolute atomic E-state index is 10.8. The van der Waals surface area contributed by atoms with Gasteiger partial charge in [-0.1, -0.05) is 12.1 Å². The van der Waals surface area contributed by atoms with Crippen LogP contribution in [0.5, 0.6) is 0 Å². The lowest BCUT2D eigenvalue weighted by atomic mass is 10.1. The number of rotatable bonds is 5. The Morgan fingerprint density at radius 2 is 2.05 bits per heavy atom. The number of nitrogens with one attached hydrogen (secondary N) is 1. The van der Waals surface area contributed by atoms with Gasteiger partial charge in [0, 0.05) is 12.7 Å². The van der Waals surface area contributed by atoms with Gasteiger partial charge in [0.15, 0.2) is 0 Å². The van der Waals surface area contributed by atoms with Crippen LogP contribution in [-0.2, 0) is 6.42 Å². The third-order valence-electron chi connectivity index (χ3n) is 3.18. The number of aromatic nitrogens is 1. The van der Waals surface area contributed by atoms with E-state index in [9.17, 15) is 4.79 Å². The van der Waals surface area contributed by atoms with Crippen molar-refractivity contribution in [2.75, 3.05) is 11.9 Å². The number of carboxylic acid groups (broad SMARTS) is 1. The predicted molar refractivity (Wildman–Crippen MR) is 79.3 cm³/mol. The second-order valence-electron chi connectivity index (χ2n) is 4.64. The quantitative estimate of drug-likeness (QED) is 0.879. The molecule has 0 amide bonds. The number of carboxylic acids is 1. The topological polar surface area (TPSA) is 86.0 Å². The zero-order valence-corrected chi connectivity index (χ0v) is 11.6. The first-order valence-corrected chi connectivity index (χ1v) is 6.53. The first-order valence-electron chi connectivity index (χ1n) is 6.53. The fourth-order valence-corrected chi connectivity index (χ4v) is 1.97. The van der Waals surface area contributed by atoms with Gasteiger partial charge in [0.05, 0.1) is 11.1 Å². The summed E-state index contributed by atoms with van der Waals surface area (Å²) in [4.78, 5) is 14.9. The van der Waals surface area contributed by atoms with E-state index < -0.39 is 5.97 Å². The van der Waals surface area contributed by atoms with Gasteiger partial charge < -0.3 is 10.4 Å². The van der Waals surface area contributed by atoms with E-state index in [-0.39, 0.29) is 5.56 Å². The van der Waals surface area contributed by atoms with Crippen LogP contribution in [-0.4, -0.2) is 22.6 Å². The van der Waals surface area contributed by atoms with Crippen molar-refractivity contribution < 1.29 is 9.90 Å². The normalized spacial score (nSPS) is 9.90. The van der Waals surface area contributed by atoms with Crippen molar-refractivity contribution >= 4 is 11.8 Å². The summed E-state index contributed by atoms with van der Waals surface area (Å²) in [5.74, 6) is -0.345.